The Bertz CT molecular complexity index is 671. The first-order chi connectivity index (χ1) is 12.1. The Balaban J connectivity index is 1.50. The first-order valence-corrected chi connectivity index (χ1v) is 9.51. The van der Waals surface area contributed by atoms with E-state index < -0.39 is 5.41 Å². The zero-order valence-electron chi connectivity index (χ0n) is 15.0. The molecule has 0 aliphatic carbocycles. The Kier molecular flexibility index (Phi) is 4.28. The minimum absolute atomic E-state index is 0.151. The zero-order valence-corrected chi connectivity index (χ0v) is 15.0. The maximum atomic E-state index is 13.0. The van der Waals surface area contributed by atoms with Gasteiger partial charge in [0.2, 0.25) is 11.8 Å². The first-order valence-electron chi connectivity index (χ1n) is 9.51. The molecule has 1 atom stereocenters. The van der Waals surface area contributed by atoms with Crippen LogP contribution in [0.4, 0.5) is 5.69 Å². The molecule has 1 aromatic rings. The van der Waals surface area contributed by atoms with Gasteiger partial charge in [-0.05, 0) is 56.8 Å². The molecule has 4 rings (SSSR count). The molecule has 2 fully saturated rings. The van der Waals surface area contributed by atoms with Gasteiger partial charge < -0.3 is 15.1 Å². The lowest BCUT2D eigenvalue weighted by Crippen LogP contribution is -2.50. The third kappa shape index (κ3) is 2.65. The van der Waals surface area contributed by atoms with Crippen molar-refractivity contribution in [1.82, 2.24) is 10.2 Å². The van der Waals surface area contributed by atoms with Gasteiger partial charge in [0, 0.05) is 31.7 Å². The summed E-state index contributed by atoms with van der Waals surface area (Å²) in [5.41, 5.74) is 1.75. The predicted octanol–water partition coefficient (Wildman–Crippen LogP) is 1.91. The van der Waals surface area contributed by atoms with E-state index in [2.05, 4.69) is 11.4 Å². The fraction of sp³-hybridized carbons (Fsp3) is 0.600. The Hall–Kier alpha value is -1.88. The quantitative estimate of drug-likeness (QED) is 0.849. The number of likely N-dealkylation sites (tertiary alicyclic amines) is 1. The Morgan fingerprint density at radius 3 is 2.72 bits per heavy atom. The van der Waals surface area contributed by atoms with Gasteiger partial charge in [-0.2, -0.15) is 0 Å². The first kappa shape index (κ1) is 16.6. The van der Waals surface area contributed by atoms with Crippen LogP contribution in [0.25, 0.3) is 0 Å². The van der Waals surface area contributed by atoms with E-state index >= 15 is 0 Å². The fourth-order valence-electron chi connectivity index (χ4n) is 4.83. The van der Waals surface area contributed by atoms with Gasteiger partial charge in [0.25, 0.3) is 0 Å². The number of para-hydroxylation sites is 1. The molecule has 1 N–H and O–H groups in total. The molecule has 0 radical (unpaired) electrons. The molecule has 5 heteroatoms. The lowest BCUT2D eigenvalue weighted by molar-refractivity contribution is -0.139. The normalized spacial score (nSPS) is 25.8. The summed E-state index contributed by atoms with van der Waals surface area (Å²) in [6, 6.07) is 8.12. The van der Waals surface area contributed by atoms with Gasteiger partial charge in [-0.1, -0.05) is 18.2 Å². The van der Waals surface area contributed by atoms with Crippen molar-refractivity contribution in [2.24, 2.45) is 5.92 Å². The summed E-state index contributed by atoms with van der Waals surface area (Å²) >= 11 is 0. The number of hydrogen-bond donors (Lipinski definition) is 1. The molecule has 1 spiro atoms. The van der Waals surface area contributed by atoms with Gasteiger partial charge in [0.05, 0.1) is 5.41 Å². The number of nitrogens with zero attached hydrogens (tertiary/aromatic N) is 2. The molecular weight excluding hydrogens is 314 g/mol. The van der Waals surface area contributed by atoms with Crippen molar-refractivity contribution < 1.29 is 9.59 Å². The standard InChI is InChI=1S/C20H27N3O2/c1-22-17-7-3-2-6-16(17)20(19(22)25)9-13-23(14-10-20)18(24)15-5-4-11-21-12-8-15/h2-3,6-7,15,21H,4-5,8-14H2,1H3. The molecule has 3 heterocycles. The van der Waals surface area contributed by atoms with Crippen LogP contribution < -0.4 is 10.2 Å². The van der Waals surface area contributed by atoms with Crippen LogP contribution in [0.5, 0.6) is 0 Å². The SMILES string of the molecule is CN1C(=O)C2(CCN(C(=O)C3CCCNCC3)CC2)c2ccccc21. The van der Waals surface area contributed by atoms with Crippen molar-refractivity contribution >= 4 is 17.5 Å². The van der Waals surface area contributed by atoms with Crippen LogP contribution in [0.15, 0.2) is 24.3 Å². The number of benzene rings is 1. The number of amides is 2. The van der Waals surface area contributed by atoms with Crippen molar-refractivity contribution in [3.63, 3.8) is 0 Å². The summed E-state index contributed by atoms with van der Waals surface area (Å²) in [6.07, 6.45) is 4.47. The van der Waals surface area contributed by atoms with Crippen LogP contribution in [-0.2, 0) is 15.0 Å². The van der Waals surface area contributed by atoms with Gasteiger partial charge in [0.15, 0.2) is 0 Å². The van der Waals surface area contributed by atoms with Crippen LogP contribution in [0, 0.1) is 5.92 Å². The van der Waals surface area contributed by atoms with Gasteiger partial charge in [-0.25, -0.2) is 0 Å². The van der Waals surface area contributed by atoms with Crippen LogP contribution in [0.2, 0.25) is 0 Å². The minimum Gasteiger partial charge on any atom is -0.342 e. The van der Waals surface area contributed by atoms with Gasteiger partial charge >= 0.3 is 0 Å². The molecule has 1 aromatic carbocycles. The van der Waals surface area contributed by atoms with Crippen molar-refractivity contribution in [1.29, 1.82) is 0 Å². The van der Waals surface area contributed by atoms with Gasteiger partial charge in [-0.15, -0.1) is 0 Å². The maximum Gasteiger partial charge on any atom is 0.237 e. The second-order valence-corrected chi connectivity index (χ2v) is 7.67. The monoisotopic (exact) mass is 341 g/mol. The highest BCUT2D eigenvalue weighted by Gasteiger charge is 2.51. The largest absolute Gasteiger partial charge is 0.342 e. The number of nitrogens with one attached hydrogen (secondary N) is 1. The third-order valence-electron chi connectivity index (χ3n) is 6.35. The molecule has 0 aromatic heterocycles. The Morgan fingerprint density at radius 1 is 1.16 bits per heavy atom. The number of anilines is 1. The van der Waals surface area contributed by atoms with Crippen LogP contribution in [0.1, 0.15) is 37.7 Å². The molecule has 5 nitrogen and oxygen atoms in total. The molecule has 134 valence electrons. The number of likely N-dealkylation sites (N-methyl/N-ethyl adjacent to an activating group) is 1. The van der Waals surface area contributed by atoms with E-state index in [0.717, 1.165) is 56.4 Å². The summed E-state index contributed by atoms with van der Waals surface area (Å²) in [5, 5.41) is 3.38. The molecule has 2 amide bonds. The molecular formula is C20H27N3O2. The highest BCUT2D eigenvalue weighted by atomic mass is 16.2. The maximum absolute atomic E-state index is 13.0. The zero-order chi connectivity index (χ0) is 17.4. The van der Waals surface area contributed by atoms with E-state index in [1.165, 1.54) is 0 Å². The minimum atomic E-state index is -0.423. The topological polar surface area (TPSA) is 52.7 Å². The smallest absolute Gasteiger partial charge is 0.237 e. The second kappa shape index (κ2) is 6.45. The molecule has 0 bridgehead atoms. The van der Waals surface area contributed by atoms with E-state index in [9.17, 15) is 9.59 Å². The van der Waals surface area contributed by atoms with Crippen molar-refractivity contribution in [3.8, 4) is 0 Å². The fourth-order valence-corrected chi connectivity index (χ4v) is 4.83. The van der Waals surface area contributed by atoms with E-state index in [1.807, 2.05) is 30.1 Å². The van der Waals surface area contributed by atoms with E-state index in [1.54, 1.807) is 4.90 Å². The third-order valence-corrected chi connectivity index (χ3v) is 6.35. The van der Waals surface area contributed by atoms with Crippen molar-refractivity contribution in [3.05, 3.63) is 29.8 Å². The number of carbonyl (C=O) groups is 2. The summed E-state index contributed by atoms with van der Waals surface area (Å²) in [6.45, 7) is 3.34. The average molecular weight is 341 g/mol. The summed E-state index contributed by atoms with van der Waals surface area (Å²) < 4.78 is 0. The average Bonchev–Trinajstić information content (AvgIpc) is 2.87. The van der Waals surface area contributed by atoms with E-state index in [4.69, 9.17) is 0 Å². The molecule has 3 aliphatic heterocycles. The van der Waals surface area contributed by atoms with Crippen LogP contribution in [0.3, 0.4) is 0 Å². The van der Waals surface area contributed by atoms with E-state index in [0.29, 0.717) is 19.0 Å². The predicted molar refractivity (Wildman–Crippen MR) is 97.6 cm³/mol. The highest BCUT2D eigenvalue weighted by Crippen LogP contribution is 2.47. The Morgan fingerprint density at radius 2 is 1.92 bits per heavy atom. The number of carbonyl (C=O) groups excluding carboxylic acids is 2. The number of rotatable bonds is 1. The van der Waals surface area contributed by atoms with E-state index in [-0.39, 0.29) is 11.8 Å². The molecule has 1 unspecified atom stereocenters. The highest BCUT2D eigenvalue weighted by molar-refractivity contribution is 6.07. The van der Waals surface area contributed by atoms with Crippen molar-refractivity contribution in [2.45, 2.75) is 37.5 Å². The summed E-state index contributed by atoms with van der Waals surface area (Å²) in [7, 11) is 1.87. The van der Waals surface area contributed by atoms with Crippen molar-refractivity contribution in [2.75, 3.05) is 38.1 Å². The second-order valence-electron chi connectivity index (χ2n) is 7.67. The molecule has 2 saturated heterocycles. The molecule has 0 saturated carbocycles. The Labute approximate surface area is 149 Å². The summed E-state index contributed by atoms with van der Waals surface area (Å²) in [4.78, 5) is 29.7. The number of piperidine rings is 1. The number of hydrogen-bond acceptors (Lipinski definition) is 3. The van der Waals surface area contributed by atoms with Gasteiger partial charge in [0.1, 0.15) is 0 Å². The van der Waals surface area contributed by atoms with Crippen LogP contribution in [-0.4, -0.2) is 49.9 Å². The molecule has 25 heavy (non-hydrogen) atoms. The number of fused-ring (bicyclic) bond motifs is 2. The van der Waals surface area contributed by atoms with Gasteiger partial charge in [-0.3, -0.25) is 9.59 Å². The van der Waals surface area contributed by atoms with Crippen LogP contribution >= 0.6 is 0 Å². The summed E-state index contributed by atoms with van der Waals surface area (Å²) in [5.74, 6) is 0.642. The lowest BCUT2D eigenvalue weighted by atomic mass is 9.73. The lowest BCUT2D eigenvalue weighted by Gasteiger charge is -2.39. The molecule has 3 aliphatic rings.